The molecule has 0 spiro atoms. The third kappa shape index (κ3) is 4.09. The third-order valence-corrected chi connectivity index (χ3v) is 5.31. The van der Waals surface area contributed by atoms with Gasteiger partial charge in [0.1, 0.15) is 0 Å². The average molecular weight is 412 g/mol. The predicted molar refractivity (Wildman–Crippen MR) is 118 cm³/mol. The lowest BCUT2D eigenvalue weighted by Crippen LogP contribution is -2.22. The summed E-state index contributed by atoms with van der Waals surface area (Å²) in [5, 5.41) is 12.7. The molecule has 0 saturated heterocycles. The van der Waals surface area contributed by atoms with Gasteiger partial charge in [0.25, 0.3) is 5.56 Å². The van der Waals surface area contributed by atoms with Gasteiger partial charge in [-0.2, -0.15) is 5.26 Å². The number of nitriles is 1. The van der Waals surface area contributed by atoms with E-state index in [1.807, 2.05) is 42.5 Å². The van der Waals surface area contributed by atoms with E-state index in [-0.39, 0.29) is 17.2 Å². The van der Waals surface area contributed by atoms with Crippen molar-refractivity contribution in [2.45, 2.75) is 5.16 Å². The minimum Gasteiger partial charge on any atom is -0.325 e. The van der Waals surface area contributed by atoms with Crippen molar-refractivity contribution in [2.75, 3.05) is 11.1 Å². The molecule has 0 radical (unpaired) electrons. The molecule has 3 aromatic carbocycles. The summed E-state index contributed by atoms with van der Waals surface area (Å²) in [7, 11) is 0. The van der Waals surface area contributed by atoms with Crippen LogP contribution in [-0.2, 0) is 4.79 Å². The molecule has 0 fully saturated rings. The molecule has 1 heterocycles. The smallest absolute Gasteiger partial charge is 0.266 e. The fourth-order valence-electron chi connectivity index (χ4n) is 3.01. The normalized spacial score (nSPS) is 10.5. The molecule has 1 aromatic heterocycles. The van der Waals surface area contributed by atoms with Gasteiger partial charge in [-0.1, -0.05) is 48.2 Å². The lowest BCUT2D eigenvalue weighted by molar-refractivity contribution is -0.113. The standard InChI is InChI=1S/C23H16N4O2S/c24-14-16-7-6-8-17(13-16)25-21(28)15-30-23-26-20-12-5-4-11-19(20)22(29)27(23)18-9-2-1-3-10-18/h1-13H,15H2,(H,25,28). The second kappa shape index (κ2) is 8.64. The summed E-state index contributed by atoms with van der Waals surface area (Å²) in [6.45, 7) is 0. The quantitative estimate of drug-likeness (QED) is 0.396. The number of hydrogen-bond donors (Lipinski definition) is 1. The summed E-state index contributed by atoms with van der Waals surface area (Å²) < 4.78 is 1.52. The Morgan fingerprint density at radius 2 is 1.80 bits per heavy atom. The van der Waals surface area contributed by atoms with Crippen LogP contribution in [0.4, 0.5) is 5.69 Å². The SMILES string of the molecule is N#Cc1cccc(NC(=O)CSc2nc3ccccc3c(=O)n2-c2ccccc2)c1. The Morgan fingerprint density at radius 1 is 1.03 bits per heavy atom. The summed E-state index contributed by atoms with van der Waals surface area (Å²) in [6.07, 6.45) is 0. The number of carbonyl (C=O) groups excluding carboxylic acids is 1. The first-order chi connectivity index (χ1) is 14.7. The van der Waals surface area contributed by atoms with Crippen LogP contribution in [0.15, 0.2) is 88.8 Å². The number of nitrogens with one attached hydrogen (secondary N) is 1. The Balaban J connectivity index is 1.64. The Morgan fingerprint density at radius 3 is 2.60 bits per heavy atom. The van der Waals surface area contributed by atoms with E-state index in [4.69, 9.17) is 5.26 Å². The van der Waals surface area contributed by atoms with Gasteiger partial charge < -0.3 is 5.32 Å². The highest BCUT2D eigenvalue weighted by molar-refractivity contribution is 7.99. The number of hydrogen-bond acceptors (Lipinski definition) is 5. The molecule has 1 amide bonds. The number of para-hydroxylation sites is 2. The zero-order chi connectivity index (χ0) is 20.9. The van der Waals surface area contributed by atoms with Crippen LogP contribution in [0.3, 0.4) is 0 Å². The fraction of sp³-hybridized carbons (Fsp3) is 0.0435. The van der Waals surface area contributed by atoms with Gasteiger partial charge in [-0.15, -0.1) is 0 Å². The maximum absolute atomic E-state index is 13.1. The van der Waals surface area contributed by atoms with Crippen molar-refractivity contribution in [3.63, 3.8) is 0 Å². The summed E-state index contributed by atoms with van der Waals surface area (Å²) in [6, 6.07) is 25.1. The molecule has 0 saturated carbocycles. The lowest BCUT2D eigenvalue weighted by Gasteiger charge is -2.13. The summed E-state index contributed by atoms with van der Waals surface area (Å²) >= 11 is 1.18. The lowest BCUT2D eigenvalue weighted by atomic mass is 10.2. The van der Waals surface area contributed by atoms with E-state index in [1.165, 1.54) is 16.3 Å². The Hall–Kier alpha value is -3.89. The van der Waals surface area contributed by atoms with E-state index in [2.05, 4.69) is 10.3 Å². The maximum atomic E-state index is 13.1. The number of benzene rings is 3. The van der Waals surface area contributed by atoms with Crippen LogP contribution in [-0.4, -0.2) is 21.2 Å². The number of thioether (sulfide) groups is 1. The molecule has 0 aliphatic rings. The highest BCUT2D eigenvalue weighted by atomic mass is 32.2. The number of aromatic nitrogens is 2. The largest absolute Gasteiger partial charge is 0.325 e. The van der Waals surface area contributed by atoms with Crippen molar-refractivity contribution in [1.82, 2.24) is 9.55 Å². The van der Waals surface area contributed by atoms with Gasteiger partial charge in [-0.05, 0) is 42.5 Å². The molecule has 4 rings (SSSR count). The number of nitrogens with zero attached hydrogens (tertiary/aromatic N) is 3. The molecule has 6 nitrogen and oxygen atoms in total. The second-order valence-electron chi connectivity index (χ2n) is 6.42. The van der Waals surface area contributed by atoms with Crippen LogP contribution in [0, 0.1) is 11.3 Å². The maximum Gasteiger partial charge on any atom is 0.266 e. The molecule has 0 aliphatic carbocycles. The second-order valence-corrected chi connectivity index (χ2v) is 7.36. The van der Waals surface area contributed by atoms with Crippen molar-refractivity contribution in [3.8, 4) is 11.8 Å². The zero-order valence-electron chi connectivity index (χ0n) is 15.8. The third-order valence-electron chi connectivity index (χ3n) is 4.37. The molecule has 0 unspecified atom stereocenters. The molecule has 0 atom stereocenters. The van der Waals surface area contributed by atoms with E-state index < -0.39 is 0 Å². The van der Waals surface area contributed by atoms with Gasteiger partial charge in [0.2, 0.25) is 5.91 Å². The predicted octanol–water partition coefficient (Wildman–Crippen LogP) is 3.99. The molecule has 30 heavy (non-hydrogen) atoms. The van der Waals surface area contributed by atoms with Crippen LogP contribution in [0.5, 0.6) is 0 Å². The van der Waals surface area contributed by atoms with Gasteiger partial charge in [-0.25, -0.2) is 4.98 Å². The number of anilines is 1. The zero-order valence-corrected chi connectivity index (χ0v) is 16.6. The first-order valence-corrected chi connectivity index (χ1v) is 10.1. The minimum absolute atomic E-state index is 0.0639. The first-order valence-electron chi connectivity index (χ1n) is 9.16. The van der Waals surface area contributed by atoms with Crippen LogP contribution in [0.25, 0.3) is 16.6 Å². The summed E-state index contributed by atoms with van der Waals surface area (Å²) in [5.74, 6) is -0.189. The topological polar surface area (TPSA) is 87.8 Å². The van der Waals surface area contributed by atoms with Crippen molar-refractivity contribution >= 4 is 34.3 Å². The van der Waals surface area contributed by atoms with Crippen LogP contribution in [0.2, 0.25) is 0 Å². The van der Waals surface area contributed by atoms with Gasteiger partial charge in [0.05, 0.1) is 34.0 Å². The van der Waals surface area contributed by atoms with Crippen molar-refractivity contribution in [1.29, 1.82) is 5.26 Å². The Bertz CT molecular complexity index is 1330. The Kier molecular flexibility index (Phi) is 5.59. The van der Waals surface area contributed by atoms with E-state index in [0.717, 1.165) is 0 Å². The number of carbonyl (C=O) groups is 1. The van der Waals surface area contributed by atoms with E-state index >= 15 is 0 Å². The molecule has 1 N–H and O–H groups in total. The molecule has 0 bridgehead atoms. The number of amides is 1. The number of rotatable bonds is 5. The molecule has 4 aromatic rings. The first kappa shape index (κ1) is 19.4. The van der Waals surface area contributed by atoms with E-state index in [9.17, 15) is 9.59 Å². The van der Waals surface area contributed by atoms with Crippen LogP contribution < -0.4 is 10.9 Å². The molecular weight excluding hydrogens is 396 g/mol. The Labute approximate surface area is 176 Å². The van der Waals surface area contributed by atoms with Crippen molar-refractivity contribution in [3.05, 3.63) is 94.8 Å². The number of fused-ring (bicyclic) bond motifs is 1. The highest BCUT2D eigenvalue weighted by Gasteiger charge is 2.14. The molecular formula is C23H16N4O2S. The van der Waals surface area contributed by atoms with Crippen molar-refractivity contribution in [2.24, 2.45) is 0 Å². The van der Waals surface area contributed by atoms with Crippen molar-refractivity contribution < 1.29 is 4.79 Å². The van der Waals surface area contributed by atoms with Crippen LogP contribution in [0.1, 0.15) is 5.56 Å². The summed E-state index contributed by atoms with van der Waals surface area (Å²) in [4.78, 5) is 30.2. The van der Waals surface area contributed by atoms with Gasteiger partial charge in [0.15, 0.2) is 5.16 Å². The average Bonchev–Trinajstić information content (AvgIpc) is 2.78. The van der Waals surface area contributed by atoms with Gasteiger partial charge in [-0.3, -0.25) is 14.2 Å². The molecule has 7 heteroatoms. The monoisotopic (exact) mass is 412 g/mol. The van der Waals surface area contributed by atoms with E-state index in [0.29, 0.717) is 33.0 Å². The van der Waals surface area contributed by atoms with Gasteiger partial charge >= 0.3 is 0 Å². The minimum atomic E-state index is -0.253. The molecule has 146 valence electrons. The molecule has 0 aliphatic heterocycles. The van der Waals surface area contributed by atoms with Crippen LogP contribution >= 0.6 is 11.8 Å². The van der Waals surface area contributed by atoms with E-state index in [1.54, 1.807) is 42.5 Å². The summed E-state index contributed by atoms with van der Waals surface area (Å²) in [5.41, 5.74) is 2.10. The van der Waals surface area contributed by atoms with Gasteiger partial charge in [0, 0.05) is 5.69 Å². The highest BCUT2D eigenvalue weighted by Crippen LogP contribution is 2.21. The fourth-order valence-corrected chi connectivity index (χ4v) is 3.82.